The molecule has 1 atom stereocenters. The highest BCUT2D eigenvalue weighted by atomic mass is 127. The van der Waals surface area contributed by atoms with Gasteiger partial charge in [-0.2, -0.15) is 0 Å². The first-order chi connectivity index (χ1) is 6.24. The minimum Gasteiger partial charge on any atom is -0.496 e. The van der Waals surface area contributed by atoms with E-state index in [4.69, 9.17) is 4.74 Å². The normalized spacial score (nSPS) is 12.5. The summed E-state index contributed by atoms with van der Waals surface area (Å²) in [5.41, 5.74) is 1.31. The largest absolute Gasteiger partial charge is 0.496 e. The van der Waals surface area contributed by atoms with Crippen molar-refractivity contribution >= 4 is 22.6 Å². The van der Waals surface area contributed by atoms with E-state index in [2.05, 4.69) is 41.6 Å². The Morgan fingerprint density at radius 2 is 2.08 bits per heavy atom. The second-order valence-electron chi connectivity index (χ2n) is 3.13. The topological polar surface area (TPSA) is 9.23 Å². The summed E-state index contributed by atoms with van der Waals surface area (Å²) >= 11 is 2.45. The summed E-state index contributed by atoms with van der Waals surface area (Å²) in [5, 5.41) is 0. The van der Waals surface area contributed by atoms with Gasteiger partial charge < -0.3 is 4.74 Å². The van der Waals surface area contributed by atoms with Crippen LogP contribution in [-0.2, 0) is 6.42 Å². The lowest BCUT2D eigenvalue weighted by Crippen LogP contribution is -1.96. The maximum absolute atomic E-state index is 5.28. The van der Waals surface area contributed by atoms with Crippen LogP contribution in [0.15, 0.2) is 24.3 Å². The van der Waals surface area contributed by atoms with E-state index in [9.17, 15) is 0 Å². The summed E-state index contributed by atoms with van der Waals surface area (Å²) in [6.07, 6.45) is 2.31. The van der Waals surface area contributed by atoms with Crippen LogP contribution in [0.25, 0.3) is 0 Å². The molecule has 2 heteroatoms. The third-order valence-electron chi connectivity index (χ3n) is 2.00. The molecule has 1 rings (SSSR count). The molecular formula is C11H15IO. The van der Waals surface area contributed by atoms with Gasteiger partial charge in [0.15, 0.2) is 0 Å². The van der Waals surface area contributed by atoms with Gasteiger partial charge in [-0.15, -0.1) is 0 Å². The Morgan fingerprint density at radius 1 is 1.38 bits per heavy atom. The number of alkyl halides is 1. The molecule has 0 radical (unpaired) electrons. The van der Waals surface area contributed by atoms with Gasteiger partial charge in [0.1, 0.15) is 5.75 Å². The molecule has 0 aromatic heterocycles. The van der Waals surface area contributed by atoms with Crippen molar-refractivity contribution in [2.24, 2.45) is 0 Å². The first-order valence-corrected chi connectivity index (χ1v) is 5.74. The molecule has 0 aliphatic heterocycles. The standard InChI is InChI=1S/C11H15IO/c1-9(12)7-8-10-5-3-4-6-11(10)13-2/h3-6,9H,7-8H2,1-2H3. The zero-order chi connectivity index (χ0) is 9.68. The van der Waals surface area contributed by atoms with Gasteiger partial charge in [-0.05, 0) is 24.5 Å². The van der Waals surface area contributed by atoms with Crippen molar-refractivity contribution in [3.05, 3.63) is 29.8 Å². The van der Waals surface area contributed by atoms with Gasteiger partial charge >= 0.3 is 0 Å². The molecule has 0 saturated heterocycles. The van der Waals surface area contributed by atoms with E-state index in [1.165, 1.54) is 12.0 Å². The predicted octanol–water partition coefficient (Wildman–Crippen LogP) is 3.45. The molecule has 1 unspecified atom stereocenters. The Kier molecular flexibility index (Phi) is 4.56. The van der Waals surface area contributed by atoms with Crippen LogP contribution < -0.4 is 4.74 Å². The molecule has 0 saturated carbocycles. The Morgan fingerprint density at radius 3 is 2.69 bits per heavy atom. The SMILES string of the molecule is COc1ccccc1CCC(C)I. The van der Waals surface area contributed by atoms with Gasteiger partial charge in [0, 0.05) is 3.92 Å². The molecule has 0 aliphatic rings. The van der Waals surface area contributed by atoms with E-state index in [0.29, 0.717) is 0 Å². The van der Waals surface area contributed by atoms with Crippen molar-refractivity contribution < 1.29 is 4.74 Å². The number of ether oxygens (including phenoxy) is 1. The van der Waals surface area contributed by atoms with E-state index in [1.54, 1.807) is 7.11 Å². The molecule has 0 amide bonds. The lowest BCUT2D eigenvalue weighted by molar-refractivity contribution is 0.409. The lowest BCUT2D eigenvalue weighted by atomic mass is 10.1. The van der Waals surface area contributed by atoms with Crippen LogP contribution in [0.3, 0.4) is 0 Å². The van der Waals surface area contributed by atoms with Crippen molar-refractivity contribution in [2.45, 2.75) is 23.7 Å². The van der Waals surface area contributed by atoms with Gasteiger partial charge in [0.05, 0.1) is 7.11 Å². The van der Waals surface area contributed by atoms with E-state index in [0.717, 1.165) is 16.1 Å². The summed E-state index contributed by atoms with van der Waals surface area (Å²) in [5.74, 6) is 1.01. The van der Waals surface area contributed by atoms with Gasteiger partial charge in [-0.1, -0.05) is 47.7 Å². The molecule has 0 bridgehead atoms. The monoisotopic (exact) mass is 290 g/mol. The molecule has 1 nitrogen and oxygen atoms in total. The molecule has 0 fully saturated rings. The third kappa shape index (κ3) is 3.55. The second-order valence-corrected chi connectivity index (χ2v) is 5.26. The minimum absolute atomic E-state index is 0.725. The van der Waals surface area contributed by atoms with Crippen molar-refractivity contribution in [1.82, 2.24) is 0 Å². The number of hydrogen-bond donors (Lipinski definition) is 0. The zero-order valence-electron chi connectivity index (χ0n) is 8.09. The van der Waals surface area contributed by atoms with Crippen LogP contribution in [0.4, 0.5) is 0 Å². The minimum atomic E-state index is 0.725. The lowest BCUT2D eigenvalue weighted by Gasteiger charge is -2.08. The summed E-state index contributed by atoms with van der Waals surface area (Å²) in [7, 11) is 1.73. The van der Waals surface area contributed by atoms with Crippen molar-refractivity contribution in [2.75, 3.05) is 7.11 Å². The average Bonchev–Trinajstić information content (AvgIpc) is 2.15. The highest BCUT2D eigenvalue weighted by molar-refractivity contribution is 14.1. The number of halogens is 1. The van der Waals surface area contributed by atoms with Crippen LogP contribution in [-0.4, -0.2) is 11.0 Å². The van der Waals surface area contributed by atoms with E-state index >= 15 is 0 Å². The summed E-state index contributed by atoms with van der Waals surface area (Å²) in [4.78, 5) is 0. The van der Waals surface area contributed by atoms with Gasteiger partial charge in [0.2, 0.25) is 0 Å². The van der Waals surface area contributed by atoms with Gasteiger partial charge in [-0.3, -0.25) is 0 Å². The maximum atomic E-state index is 5.28. The van der Waals surface area contributed by atoms with Crippen LogP contribution in [0.1, 0.15) is 18.9 Å². The molecule has 0 spiro atoms. The molecule has 13 heavy (non-hydrogen) atoms. The summed E-state index contributed by atoms with van der Waals surface area (Å²) in [6, 6.07) is 8.23. The maximum Gasteiger partial charge on any atom is 0.122 e. The fourth-order valence-corrected chi connectivity index (χ4v) is 1.58. The number of para-hydroxylation sites is 1. The Labute approximate surface area is 93.6 Å². The van der Waals surface area contributed by atoms with Crippen LogP contribution in [0.5, 0.6) is 5.75 Å². The molecule has 0 N–H and O–H groups in total. The number of aryl methyl sites for hydroxylation is 1. The zero-order valence-corrected chi connectivity index (χ0v) is 10.2. The molecule has 1 aromatic carbocycles. The number of hydrogen-bond acceptors (Lipinski definition) is 1. The summed E-state index contributed by atoms with van der Waals surface area (Å²) < 4.78 is 6.00. The number of methoxy groups -OCH3 is 1. The Balaban J connectivity index is 2.64. The van der Waals surface area contributed by atoms with E-state index in [1.807, 2.05) is 12.1 Å². The molecule has 0 aliphatic carbocycles. The highest BCUT2D eigenvalue weighted by Gasteiger charge is 2.02. The van der Waals surface area contributed by atoms with Crippen molar-refractivity contribution in [3.8, 4) is 5.75 Å². The van der Waals surface area contributed by atoms with E-state index < -0.39 is 0 Å². The Hall–Kier alpha value is -0.250. The number of benzene rings is 1. The van der Waals surface area contributed by atoms with Crippen LogP contribution in [0.2, 0.25) is 0 Å². The molecule has 72 valence electrons. The second kappa shape index (κ2) is 5.47. The van der Waals surface area contributed by atoms with Gasteiger partial charge in [0.25, 0.3) is 0 Å². The number of rotatable bonds is 4. The first kappa shape index (κ1) is 10.8. The third-order valence-corrected chi connectivity index (χ3v) is 2.63. The Bertz CT molecular complexity index is 258. The summed E-state index contributed by atoms with van der Waals surface area (Å²) in [6.45, 7) is 2.23. The molecule has 0 heterocycles. The van der Waals surface area contributed by atoms with Crippen molar-refractivity contribution in [1.29, 1.82) is 0 Å². The van der Waals surface area contributed by atoms with Crippen LogP contribution in [0, 0.1) is 0 Å². The molecular weight excluding hydrogens is 275 g/mol. The fourth-order valence-electron chi connectivity index (χ4n) is 1.26. The molecule has 1 aromatic rings. The highest BCUT2D eigenvalue weighted by Crippen LogP contribution is 2.20. The average molecular weight is 290 g/mol. The quantitative estimate of drug-likeness (QED) is 0.609. The van der Waals surface area contributed by atoms with Crippen molar-refractivity contribution in [3.63, 3.8) is 0 Å². The first-order valence-electron chi connectivity index (χ1n) is 4.50. The fraction of sp³-hybridized carbons (Fsp3) is 0.455. The smallest absolute Gasteiger partial charge is 0.122 e. The predicted molar refractivity (Wildman–Crippen MR) is 64.8 cm³/mol. The van der Waals surface area contributed by atoms with E-state index in [-0.39, 0.29) is 0 Å². The van der Waals surface area contributed by atoms with Gasteiger partial charge in [-0.25, -0.2) is 0 Å². The van der Waals surface area contributed by atoms with Crippen LogP contribution >= 0.6 is 22.6 Å².